The highest BCUT2D eigenvalue weighted by Crippen LogP contribution is 2.44. The van der Waals surface area contributed by atoms with Crippen LogP contribution < -0.4 is 0 Å². The first kappa shape index (κ1) is 12.6. The number of aliphatic hydroxyl groups excluding tert-OH is 1. The van der Waals surface area contributed by atoms with Crippen molar-refractivity contribution in [3.8, 4) is 0 Å². The monoisotopic (exact) mass is 261 g/mol. The average molecular weight is 261 g/mol. The number of rotatable bonds is 2. The maximum Gasteiger partial charge on any atom is 0.339 e. The maximum absolute atomic E-state index is 12.2. The molecule has 1 aromatic carbocycles. The normalized spacial score (nSPS) is 34.2. The van der Waals surface area contributed by atoms with Gasteiger partial charge in [-0.15, -0.1) is 0 Å². The number of carbonyl (C=O) groups excluding carboxylic acids is 1. The highest BCUT2D eigenvalue weighted by molar-refractivity contribution is 5.89. The van der Waals surface area contributed by atoms with E-state index in [2.05, 4.69) is 4.90 Å². The number of carbonyl (C=O) groups is 1. The van der Waals surface area contributed by atoms with Crippen LogP contribution in [0.15, 0.2) is 30.3 Å². The highest BCUT2D eigenvalue weighted by Gasteiger charge is 2.52. The molecule has 2 saturated heterocycles. The summed E-state index contributed by atoms with van der Waals surface area (Å²) < 4.78 is 5.77. The molecule has 1 N–H and O–H groups in total. The number of piperidine rings is 1. The zero-order chi connectivity index (χ0) is 13.5. The Morgan fingerprint density at radius 1 is 1.42 bits per heavy atom. The number of ether oxygens (including phenoxy) is 1. The summed E-state index contributed by atoms with van der Waals surface area (Å²) in [5, 5.41) is 9.94. The molecular formula is C15H19NO3. The number of hydrogen-bond donors (Lipinski definition) is 1. The Bertz CT molecular complexity index is 476. The quantitative estimate of drug-likeness (QED) is 0.825. The highest BCUT2D eigenvalue weighted by atomic mass is 16.6. The molecule has 2 fully saturated rings. The van der Waals surface area contributed by atoms with Gasteiger partial charge >= 0.3 is 5.97 Å². The molecule has 2 aliphatic rings. The third-order valence-electron chi connectivity index (χ3n) is 4.45. The van der Waals surface area contributed by atoms with Crippen LogP contribution in [0.3, 0.4) is 0 Å². The van der Waals surface area contributed by atoms with Crippen LogP contribution in [0.5, 0.6) is 0 Å². The molecule has 4 heteroatoms. The van der Waals surface area contributed by atoms with E-state index in [0.29, 0.717) is 18.0 Å². The van der Waals surface area contributed by atoms with Crippen molar-refractivity contribution in [2.24, 2.45) is 0 Å². The Labute approximate surface area is 113 Å². The molecule has 4 nitrogen and oxygen atoms in total. The van der Waals surface area contributed by atoms with E-state index in [-0.39, 0.29) is 12.1 Å². The Morgan fingerprint density at radius 2 is 2.16 bits per heavy atom. The van der Waals surface area contributed by atoms with Crippen LogP contribution in [0.1, 0.15) is 36.0 Å². The van der Waals surface area contributed by atoms with Crippen LogP contribution in [0, 0.1) is 0 Å². The van der Waals surface area contributed by atoms with Crippen molar-refractivity contribution in [1.29, 1.82) is 0 Å². The number of hydrogen-bond acceptors (Lipinski definition) is 4. The first-order chi connectivity index (χ1) is 9.11. The van der Waals surface area contributed by atoms with Crippen molar-refractivity contribution in [3.63, 3.8) is 0 Å². The molecule has 0 saturated carbocycles. The predicted molar refractivity (Wildman–Crippen MR) is 70.6 cm³/mol. The van der Waals surface area contributed by atoms with E-state index in [1.165, 1.54) is 0 Å². The molecule has 3 atom stereocenters. The summed E-state index contributed by atoms with van der Waals surface area (Å²) in [6.07, 6.45) is 2.71. The van der Waals surface area contributed by atoms with Crippen molar-refractivity contribution in [1.82, 2.24) is 4.90 Å². The molecule has 0 spiro atoms. The Morgan fingerprint density at radius 3 is 2.89 bits per heavy atom. The van der Waals surface area contributed by atoms with Gasteiger partial charge in [-0.1, -0.05) is 18.2 Å². The Balaban J connectivity index is 1.80. The van der Waals surface area contributed by atoms with Crippen molar-refractivity contribution in [2.45, 2.75) is 43.6 Å². The van der Waals surface area contributed by atoms with Crippen molar-refractivity contribution >= 4 is 5.97 Å². The second kappa shape index (κ2) is 4.62. The number of esters is 1. The number of aliphatic hydroxyl groups is 1. The summed E-state index contributed by atoms with van der Waals surface area (Å²) in [6.45, 7) is 0. The van der Waals surface area contributed by atoms with Gasteiger partial charge in [-0.05, 0) is 32.0 Å². The minimum absolute atomic E-state index is 0.304. The third-order valence-corrected chi connectivity index (χ3v) is 4.45. The van der Waals surface area contributed by atoms with E-state index in [1.54, 1.807) is 12.1 Å². The topological polar surface area (TPSA) is 49.8 Å². The lowest BCUT2D eigenvalue weighted by Gasteiger charge is -2.43. The van der Waals surface area contributed by atoms with Gasteiger partial charge in [-0.2, -0.15) is 0 Å². The number of nitrogens with zero attached hydrogens (tertiary/aromatic N) is 1. The number of benzene rings is 1. The zero-order valence-corrected chi connectivity index (χ0v) is 11.1. The molecule has 1 aromatic rings. The van der Waals surface area contributed by atoms with Crippen LogP contribution in [-0.2, 0) is 4.74 Å². The maximum atomic E-state index is 12.2. The lowest BCUT2D eigenvalue weighted by atomic mass is 9.97. The number of fused-ring (bicyclic) bond motifs is 2. The van der Waals surface area contributed by atoms with E-state index in [9.17, 15) is 9.90 Å². The van der Waals surface area contributed by atoms with E-state index in [0.717, 1.165) is 19.3 Å². The minimum Gasteiger partial charge on any atom is -0.440 e. The van der Waals surface area contributed by atoms with Crippen LogP contribution in [0.25, 0.3) is 0 Å². The Hall–Kier alpha value is -1.39. The van der Waals surface area contributed by atoms with Gasteiger partial charge in [0.05, 0.1) is 11.7 Å². The fourth-order valence-corrected chi connectivity index (χ4v) is 3.35. The third kappa shape index (κ3) is 2.15. The minimum atomic E-state index is -0.616. The van der Waals surface area contributed by atoms with Crippen LogP contribution in [-0.4, -0.2) is 40.9 Å². The fourth-order valence-electron chi connectivity index (χ4n) is 3.35. The summed E-state index contributed by atoms with van der Waals surface area (Å²) in [6, 6.07) is 9.36. The molecule has 3 rings (SSSR count). The van der Waals surface area contributed by atoms with Gasteiger partial charge in [0.15, 0.2) is 5.72 Å². The van der Waals surface area contributed by atoms with Crippen LogP contribution >= 0.6 is 0 Å². The molecule has 2 aliphatic heterocycles. The molecule has 3 unspecified atom stereocenters. The van der Waals surface area contributed by atoms with Crippen LogP contribution in [0.4, 0.5) is 0 Å². The van der Waals surface area contributed by atoms with E-state index < -0.39 is 5.72 Å². The summed E-state index contributed by atoms with van der Waals surface area (Å²) in [5.74, 6) is -0.304. The zero-order valence-electron chi connectivity index (χ0n) is 11.1. The Kier molecular flexibility index (Phi) is 3.07. The lowest BCUT2D eigenvalue weighted by molar-refractivity contribution is -0.142. The van der Waals surface area contributed by atoms with Gasteiger partial charge in [-0.3, -0.25) is 4.90 Å². The molecule has 0 aliphatic carbocycles. The molecule has 102 valence electrons. The molecule has 2 bridgehead atoms. The largest absolute Gasteiger partial charge is 0.440 e. The van der Waals surface area contributed by atoms with Gasteiger partial charge in [0.2, 0.25) is 0 Å². The SMILES string of the molecule is CN1C2CCC1(OC(=O)c1ccccc1)CC(O)C2. The van der Waals surface area contributed by atoms with Crippen molar-refractivity contribution in [2.75, 3.05) is 7.05 Å². The van der Waals surface area contributed by atoms with Gasteiger partial charge in [0.25, 0.3) is 0 Å². The van der Waals surface area contributed by atoms with Gasteiger partial charge < -0.3 is 9.84 Å². The first-order valence-corrected chi connectivity index (χ1v) is 6.80. The summed E-state index contributed by atoms with van der Waals surface area (Å²) in [5.41, 5.74) is -0.0521. The molecule has 2 heterocycles. The van der Waals surface area contributed by atoms with E-state index >= 15 is 0 Å². The van der Waals surface area contributed by atoms with Gasteiger partial charge in [0, 0.05) is 18.9 Å². The molecular weight excluding hydrogens is 242 g/mol. The fraction of sp³-hybridized carbons (Fsp3) is 0.533. The summed E-state index contributed by atoms with van der Waals surface area (Å²) in [7, 11) is 1.99. The standard InChI is InChI=1S/C15H19NO3/c1-16-12-7-8-15(16,10-13(17)9-12)19-14(18)11-5-3-2-4-6-11/h2-6,12-13,17H,7-10H2,1H3. The van der Waals surface area contributed by atoms with Gasteiger partial charge in [-0.25, -0.2) is 4.79 Å². The lowest BCUT2D eigenvalue weighted by Crippen LogP contribution is -2.54. The predicted octanol–water partition coefficient (Wildman–Crippen LogP) is 1.79. The van der Waals surface area contributed by atoms with Crippen molar-refractivity contribution < 1.29 is 14.6 Å². The van der Waals surface area contributed by atoms with E-state index in [1.807, 2.05) is 25.2 Å². The molecule has 19 heavy (non-hydrogen) atoms. The van der Waals surface area contributed by atoms with Crippen molar-refractivity contribution in [3.05, 3.63) is 35.9 Å². The summed E-state index contributed by atoms with van der Waals surface area (Å²) >= 11 is 0. The first-order valence-electron chi connectivity index (χ1n) is 6.80. The van der Waals surface area contributed by atoms with Crippen LogP contribution in [0.2, 0.25) is 0 Å². The molecule has 0 amide bonds. The van der Waals surface area contributed by atoms with E-state index in [4.69, 9.17) is 4.74 Å². The average Bonchev–Trinajstić information content (AvgIpc) is 2.60. The smallest absolute Gasteiger partial charge is 0.339 e. The molecule has 0 aromatic heterocycles. The second-order valence-corrected chi connectivity index (χ2v) is 5.60. The molecule has 0 radical (unpaired) electrons. The summed E-state index contributed by atoms with van der Waals surface area (Å²) in [4.78, 5) is 14.3. The van der Waals surface area contributed by atoms with Gasteiger partial charge in [0.1, 0.15) is 0 Å². The second-order valence-electron chi connectivity index (χ2n) is 5.60.